The molecule has 12 heteroatoms. The van der Waals surface area contributed by atoms with E-state index in [1.165, 1.54) is 0 Å². The summed E-state index contributed by atoms with van der Waals surface area (Å²) in [7, 11) is 0. The lowest BCUT2D eigenvalue weighted by molar-refractivity contribution is 0.0969. The monoisotopic (exact) mass is 878 g/mol. The van der Waals surface area contributed by atoms with Gasteiger partial charge in [-0.2, -0.15) is 0 Å². The molecule has 9 aromatic rings. The zero-order valence-corrected chi connectivity index (χ0v) is 37.7. The largest absolute Gasteiger partial charge is 0.353 e. The fourth-order valence-electron chi connectivity index (χ4n) is 8.63. The van der Waals surface area contributed by atoms with Crippen LogP contribution in [-0.4, -0.2) is 63.0 Å². The van der Waals surface area contributed by atoms with Gasteiger partial charge >= 0.3 is 0 Å². The van der Waals surface area contributed by atoms with Gasteiger partial charge in [-0.1, -0.05) is 27.7 Å². The number of H-pyrrole nitrogens is 8. The van der Waals surface area contributed by atoms with Gasteiger partial charge in [-0.05, 0) is 135 Å². The Labute approximate surface area is 382 Å². The summed E-state index contributed by atoms with van der Waals surface area (Å²) in [4.78, 5) is 79.1. The average Bonchev–Trinajstić information content (AvgIpc) is 4.16. The molecule has 0 radical (unpaired) electrons. The van der Waals surface area contributed by atoms with Crippen LogP contribution in [-0.2, 0) is 0 Å². The van der Waals surface area contributed by atoms with Crippen LogP contribution in [0.25, 0.3) is 90.6 Å². The Balaban J connectivity index is 1.20. The summed E-state index contributed by atoms with van der Waals surface area (Å²) in [6, 6.07) is 35.7. The van der Waals surface area contributed by atoms with Crippen LogP contribution in [0.3, 0.4) is 0 Å². The third-order valence-corrected chi connectivity index (χ3v) is 12.1. The number of nitrogens with one attached hydrogen (secondary N) is 8. The quantitative estimate of drug-likeness (QED) is 0.0353. The molecule has 334 valence electrons. The number of hydrogen-bond donors (Lipinski definition) is 8. The van der Waals surface area contributed by atoms with Gasteiger partial charge in [-0.15, -0.1) is 0 Å². The fraction of sp³-hybridized carbons (Fsp3) is 0.222. The van der Waals surface area contributed by atoms with Crippen molar-refractivity contribution in [2.75, 3.05) is 0 Å². The summed E-state index contributed by atoms with van der Waals surface area (Å²) < 4.78 is 0. The second-order valence-corrected chi connectivity index (χ2v) is 16.9. The lowest BCUT2D eigenvalue weighted by Crippen LogP contribution is -1.98. The first-order valence-electron chi connectivity index (χ1n) is 23.0. The Bertz CT molecular complexity index is 2780. The summed E-state index contributed by atoms with van der Waals surface area (Å²) in [5.74, 6) is 0.304. The van der Waals surface area contributed by atoms with Gasteiger partial charge in [0, 0.05) is 70.7 Å². The number of rotatable bonds is 20. The molecule has 8 N–H and O–H groups in total. The van der Waals surface area contributed by atoms with Crippen molar-refractivity contribution in [3.05, 3.63) is 132 Å². The number of ketones is 4. The lowest BCUT2D eigenvalue weighted by Gasteiger charge is -2.15. The number of carbonyl (C=O) groups excluding carboxylic acids is 4. The maximum Gasteiger partial charge on any atom is 0.179 e. The molecule has 9 rings (SSSR count). The molecule has 0 aliphatic rings. The summed E-state index contributed by atoms with van der Waals surface area (Å²) in [5.41, 5.74) is 15.9. The molecular formula is C54H54N8O4. The minimum Gasteiger partial charge on any atom is -0.353 e. The summed E-state index contributed by atoms with van der Waals surface area (Å²) in [5, 5.41) is 0. The van der Waals surface area contributed by atoms with Gasteiger partial charge in [0.1, 0.15) is 0 Å². The van der Waals surface area contributed by atoms with Crippen molar-refractivity contribution in [3.63, 3.8) is 0 Å². The van der Waals surface area contributed by atoms with Gasteiger partial charge in [0.25, 0.3) is 0 Å². The van der Waals surface area contributed by atoms with Crippen molar-refractivity contribution in [2.45, 2.75) is 79.1 Å². The summed E-state index contributed by atoms with van der Waals surface area (Å²) >= 11 is 0. The van der Waals surface area contributed by atoms with Crippen LogP contribution in [0.1, 0.15) is 121 Å². The molecule has 0 amide bonds. The first-order chi connectivity index (χ1) is 32.1. The van der Waals surface area contributed by atoms with Crippen molar-refractivity contribution in [3.8, 4) is 90.6 Å². The molecule has 0 spiro atoms. The molecule has 8 heterocycles. The van der Waals surface area contributed by atoms with Crippen LogP contribution < -0.4 is 0 Å². The van der Waals surface area contributed by atoms with Crippen molar-refractivity contribution < 1.29 is 19.2 Å². The average molecular weight is 879 g/mol. The van der Waals surface area contributed by atoms with Crippen molar-refractivity contribution in [1.29, 1.82) is 0 Å². The van der Waals surface area contributed by atoms with E-state index in [9.17, 15) is 19.2 Å². The Kier molecular flexibility index (Phi) is 12.3. The summed E-state index contributed by atoms with van der Waals surface area (Å²) in [6.07, 6.45) is 4.98. The highest BCUT2D eigenvalue weighted by Crippen LogP contribution is 2.43. The minimum atomic E-state index is 0.0760. The molecule has 0 atom stereocenters. The van der Waals surface area contributed by atoms with Crippen molar-refractivity contribution >= 4 is 23.1 Å². The van der Waals surface area contributed by atoms with Crippen LogP contribution in [0, 0.1) is 0 Å². The van der Waals surface area contributed by atoms with Crippen LogP contribution in [0.5, 0.6) is 0 Å². The lowest BCUT2D eigenvalue weighted by atomic mass is 9.92. The first-order valence-corrected chi connectivity index (χ1v) is 23.0. The van der Waals surface area contributed by atoms with Crippen molar-refractivity contribution in [1.82, 2.24) is 39.9 Å². The molecular weight excluding hydrogens is 825 g/mol. The second-order valence-electron chi connectivity index (χ2n) is 16.9. The van der Waals surface area contributed by atoms with Gasteiger partial charge in [-0.3, -0.25) is 19.2 Å². The molecule has 0 aliphatic carbocycles. The van der Waals surface area contributed by atoms with Crippen LogP contribution in [0.2, 0.25) is 0 Å². The Morgan fingerprint density at radius 1 is 0.273 bits per heavy atom. The van der Waals surface area contributed by atoms with Gasteiger partial charge in [0.15, 0.2) is 23.1 Å². The number of Topliss-reactive ketones (excluding diaryl/α,β-unsaturated/α-hetero) is 4. The molecule has 12 nitrogen and oxygen atoms in total. The highest BCUT2D eigenvalue weighted by Gasteiger charge is 2.22. The molecule has 0 aliphatic heterocycles. The SMILES string of the molecule is CCCC(=O)c1ccc(-c2ccc(-c3cc(-c4ccc(-c5ccc(C(=O)CCC)[nH]5)[nH]4)c(-c4ccc(-c5ccc(C(=O)CCC)[nH]5)[nH]4)cc3-c3ccc(-c4ccc(C(=O)CCC)[nH]4)[nH]3)[nH]2)[nH]1. The van der Waals surface area contributed by atoms with Gasteiger partial charge in [-0.25, -0.2) is 0 Å². The van der Waals surface area contributed by atoms with Gasteiger partial charge in [0.05, 0.1) is 68.3 Å². The topological polar surface area (TPSA) is 195 Å². The smallest absolute Gasteiger partial charge is 0.179 e. The van der Waals surface area contributed by atoms with Gasteiger partial charge < -0.3 is 39.9 Å². The molecule has 1 aromatic carbocycles. The van der Waals surface area contributed by atoms with Crippen LogP contribution in [0.4, 0.5) is 0 Å². The van der Waals surface area contributed by atoms with Gasteiger partial charge in [0.2, 0.25) is 0 Å². The highest BCUT2D eigenvalue weighted by molar-refractivity contribution is 5.98. The Hall–Kier alpha value is -7.86. The highest BCUT2D eigenvalue weighted by atomic mass is 16.1. The Morgan fingerprint density at radius 2 is 0.455 bits per heavy atom. The Morgan fingerprint density at radius 3 is 0.667 bits per heavy atom. The second kappa shape index (κ2) is 18.7. The zero-order chi connectivity index (χ0) is 45.9. The van der Waals surface area contributed by atoms with Crippen LogP contribution in [0.15, 0.2) is 109 Å². The van der Waals surface area contributed by atoms with Crippen LogP contribution >= 0.6 is 0 Å². The van der Waals surface area contributed by atoms with E-state index in [0.29, 0.717) is 48.5 Å². The third kappa shape index (κ3) is 8.69. The molecule has 66 heavy (non-hydrogen) atoms. The number of aromatic amines is 8. The standard InChI is InChI=1S/C54H54N8O4/c1-5-9-51(63)47-25-21-43(59-47)39-17-13-35(55-39)31-29-33(37-15-19-41(57-37)45-23-27-49(61-45)53(65)11-7-3)34(38-16-20-42(58-38)46-24-28-50(62-46)54(66)12-8-4)30-32(31)36-14-18-40(56-36)44-22-26-48(60-44)52(64)10-6-2/h13-30,55-62H,5-12H2,1-4H3. The maximum atomic E-state index is 12.8. The first kappa shape index (κ1) is 43.4. The van der Waals surface area contributed by atoms with E-state index in [-0.39, 0.29) is 23.1 Å². The van der Waals surface area contributed by atoms with E-state index in [4.69, 9.17) is 0 Å². The van der Waals surface area contributed by atoms with E-state index >= 15 is 0 Å². The predicted molar refractivity (Wildman–Crippen MR) is 262 cm³/mol. The minimum absolute atomic E-state index is 0.0760. The van der Waals surface area contributed by atoms with E-state index in [2.05, 4.69) is 76.3 Å². The maximum absolute atomic E-state index is 12.8. The zero-order valence-electron chi connectivity index (χ0n) is 37.7. The van der Waals surface area contributed by atoms with E-state index in [1.54, 1.807) is 0 Å². The molecule has 0 saturated heterocycles. The number of aromatic nitrogens is 8. The molecule has 0 unspecified atom stereocenters. The van der Waals surface area contributed by atoms with E-state index < -0.39 is 0 Å². The fourth-order valence-corrected chi connectivity index (χ4v) is 8.63. The third-order valence-electron chi connectivity index (χ3n) is 12.1. The molecule has 0 saturated carbocycles. The molecule has 8 aromatic heterocycles. The number of carbonyl (C=O) groups is 4. The number of hydrogen-bond acceptors (Lipinski definition) is 4. The van der Waals surface area contributed by atoms with E-state index in [0.717, 1.165) is 116 Å². The van der Waals surface area contributed by atoms with Crippen molar-refractivity contribution in [2.24, 2.45) is 0 Å². The normalized spacial score (nSPS) is 11.5. The number of benzene rings is 1. The molecule has 0 bridgehead atoms. The summed E-state index contributed by atoms with van der Waals surface area (Å²) in [6.45, 7) is 7.99. The predicted octanol–water partition coefficient (Wildman–Crippen LogP) is 13.6. The molecule has 0 fully saturated rings. The van der Waals surface area contributed by atoms with E-state index in [1.807, 2.05) is 100 Å².